The highest BCUT2D eigenvalue weighted by molar-refractivity contribution is 9.10. The van der Waals surface area contributed by atoms with E-state index in [1.165, 1.54) is 6.07 Å². The standard InChI is InChI=1S/C24H20BrN5O3/c1-16-11-19(9-10-22(16)25)27-24(31)28-26-13-18-15-29(23-8-3-2-7-21(18)23)14-17-5-4-6-20(12-17)30(32)33/h2-13,15H,14H2,1H3,(H2,27,28,31)/b26-13+. The van der Waals surface area contributed by atoms with Crippen molar-refractivity contribution in [1.82, 2.24) is 9.99 Å². The lowest BCUT2D eigenvalue weighted by Crippen LogP contribution is -2.24. The van der Waals surface area contributed by atoms with Gasteiger partial charge in [-0.25, -0.2) is 10.2 Å². The second-order valence-electron chi connectivity index (χ2n) is 7.44. The molecule has 0 unspecified atom stereocenters. The number of halogens is 1. The van der Waals surface area contributed by atoms with E-state index in [-0.39, 0.29) is 5.69 Å². The molecule has 1 heterocycles. The molecule has 166 valence electrons. The van der Waals surface area contributed by atoms with E-state index < -0.39 is 11.0 Å². The van der Waals surface area contributed by atoms with Gasteiger partial charge < -0.3 is 9.88 Å². The highest BCUT2D eigenvalue weighted by Crippen LogP contribution is 2.23. The number of urea groups is 1. The highest BCUT2D eigenvalue weighted by atomic mass is 79.9. The number of nitro groups is 1. The van der Waals surface area contributed by atoms with E-state index in [0.29, 0.717) is 12.2 Å². The Morgan fingerprint density at radius 3 is 2.76 bits per heavy atom. The number of carbonyl (C=O) groups is 1. The molecule has 0 aliphatic carbocycles. The van der Waals surface area contributed by atoms with Crippen molar-refractivity contribution >= 4 is 50.5 Å². The Kier molecular flexibility index (Phi) is 6.50. The minimum absolute atomic E-state index is 0.0573. The first kappa shape index (κ1) is 22.2. The average molecular weight is 506 g/mol. The van der Waals surface area contributed by atoms with E-state index in [4.69, 9.17) is 0 Å². The fourth-order valence-corrected chi connectivity index (χ4v) is 3.76. The van der Waals surface area contributed by atoms with Crippen molar-refractivity contribution in [1.29, 1.82) is 0 Å². The minimum atomic E-state index is -0.451. The number of carbonyl (C=O) groups excluding carboxylic acids is 1. The van der Waals surface area contributed by atoms with Crippen molar-refractivity contribution in [2.75, 3.05) is 5.32 Å². The molecular formula is C24H20BrN5O3. The number of hydrogen-bond donors (Lipinski definition) is 2. The Morgan fingerprint density at radius 2 is 1.97 bits per heavy atom. The molecule has 0 aliphatic rings. The van der Waals surface area contributed by atoms with Crippen LogP contribution in [0.1, 0.15) is 16.7 Å². The summed E-state index contributed by atoms with van der Waals surface area (Å²) in [4.78, 5) is 22.9. The fraction of sp³-hybridized carbons (Fsp3) is 0.0833. The minimum Gasteiger partial charge on any atom is -0.342 e. The van der Waals surface area contributed by atoms with Gasteiger partial charge in [0.25, 0.3) is 5.69 Å². The molecule has 3 aromatic carbocycles. The second-order valence-corrected chi connectivity index (χ2v) is 8.30. The maximum absolute atomic E-state index is 12.2. The number of aromatic nitrogens is 1. The van der Waals surface area contributed by atoms with Crippen molar-refractivity contribution < 1.29 is 9.72 Å². The van der Waals surface area contributed by atoms with Crippen LogP contribution < -0.4 is 10.7 Å². The molecule has 4 rings (SSSR count). The molecule has 0 spiro atoms. The molecule has 0 fully saturated rings. The molecule has 0 radical (unpaired) electrons. The molecule has 0 saturated carbocycles. The Morgan fingerprint density at radius 1 is 1.15 bits per heavy atom. The molecule has 2 N–H and O–H groups in total. The van der Waals surface area contributed by atoms with Crippen LogP contribution in [0.15, 0.2) is 82.5 Å². The Labute approximate surface area is 198 Å². The fourth-order valence-electron chi connectivity index (χ4n) is 3.52. The molecule has 8 nitrogen and oxygen atoms in total. The van der Waals surface area contributed by atoms with Crippen molar-refractivity contribution in [3.63, 3.8) is 0 Å². The van der Waals surface area contributed by atoms with Crippen molar-refractivity contribution in [2.24, 2.45) is 5.10 Å². The number of para-hydroxylation sites is 1. The quantitative estimate of drug-likeness (QED) is 0.196. The third-order valence-electron chi connectivity index (χ3n) is 5.08. The summed E-state index contributed by atoms with van der Waals surface area (Å²) in [6.45, 7) is 2.40. The zero-order valence-electron chi connectivity index (χ0n) is 17.7. The maximum atomic E-state index is 12.2. The lowest BCUT2D eigenvalue weighted by Gasteiger charge is -2.06. The maximum Gasteiger partial charge on any atom is 0.339 e. The van der Waals surface area contributed by atoms with Crippen LogP contribution >= 0.6 is 15.9 Å². The summed E-state index contributed by atoms with van der Waals surface area (Å²) in [5, 5.41) is 18.9. The number of nitro benzene ring substituents is 1. The zero-order valence-corrected chi connectivity index (χ0v) is 19.2. The number of amides is 2. The number of aryl methyl sites for hydroxylation is 1. The number of benzene rings is 3. The molecule has 33 heavy (non-hydrogen) atoms. The van der Waals surface area contributed by atoms with Crippen LogP contribution in [0.3, 0.4) is 0 Å². The summed E-state index contributed by atoms with van der Waals surface area (Å²) in [5.74, 6) is 0. The topological polar surface area (TPSA) is 102 Å². The lowest BCUT2D eigenvalue weighted by atomic mass is 10.2. The Bertz CT molecular complexity index is 1380. The van der Waals surface area contributed by atoms with E-state index in [1.807, 2.05) is 60.2 Å². The van der Waals surface area contributed by atoms with Gasteiger partial charge in [-0.2, -0.15) is 5.10 Å². The number of hydrazone groups is 1. The van der Waals surface area contributed by atoms with Crippen molar-refractivity contribution in [3.05, 3.63) is 104 Å². The molecule has 0 saturated heterocycles. The summed E-state index contributed by atoms with van der Waals surface area (Å²) < 4.78 is 2.97. The number of nitrogens with one attached hydrogen (secondary N) is 2. The van der Waals surface area contributed by atoms with Gasteiger partial charge in [-0.1, -0.05) is 46.3 Å². The Hall–Kier alpha value is -3.98. The van der Waals surface area contributed by atoms with E-state index in [1.54, 1.807) is 24.4 Å². The van der Waals surface area contributed by atoms with Crippen molar-refractivity contribution in [3.8, 4) is 0 Å². The summed E-state index contributed by atoms with van der Waals surface area (Å²) in [5.41, 5.74) is 6.80. The monoisotopic (exact) mass is 505 g/mol. The van der Waals surface area contributed by atoms with Gasteiger partial charge in [-0.15, -0.1) is 0 Å². The first-order valence-electron chi connectivity index (χ1n) is 10.1. The average Bonchev–Trinajstić information content (AvgIpc) is 3.14. The SMILES string of the molecule is Cc1cc(NC(=O)N/N=C/c2cn(Cc3cccc([N+](=O)[O-])c3)c3ccccc23)ccc1Br. The molecule has 1 aromatic heterocycles. The number of hydrogen-bond acceptors (Lipinski definition) is 4. The van der Waals surface area contributed by atoms with Gasteiger partial charge in [-0.3, -0.25) is 10.1 Å². The van der Waals surface area contributed by atoms with E-state index in [2.05, 4.69) is 31.8 Å². The van der Waals surface area contributed by atoms with Gasteiger partial charge in [-0.05, 0) is 42.3 Å². The van der Waals surface area contributed by atoms with Crippen LogP contribution in [0, 0.1) is 17.0 Å². The van der Waals surface area contributed by atoms with Crippen LogP contribution in [0.5, 0.6) is 0 Å². The van der Waals surface area contributed by atoms with Gasteiger partial charge in [0.15, 0.2) is 0 Å². The number of anilines is 1. The Balaban J connectivity index is 1.50. The first-order valence-corrected chi connectivity index (χ1v) is 10.9. The van der Waals surface area contributed by atoms with Crippen LogP contribution in [0.4, 0.5) is 16.2 Å². The summed E-state index contributed by atoms with van der Waals surface area (Å²) >= 11 is 3.43. The molecule has 9 heteroatoms. The molecule has 0 bridgehead atoms. The smallest absolute Gasteiger partial charge is 0.339 e. The predicted molar refractivity (Wildman–Crippen MR) is 133 cm³/mol. The predicted octanol–water partition coefficient (Wildman–Crippen LogP) is 5.82. The first-order chi connectivity index (χ1) is 15.9. The summed E-state index contributed by atoms with van der Waals surface area (Å²) in [7, 11) is 0. The number of fused-ring (bicyclic) bond motifs is 1. The molecule has 0 atom stereocenters. The van der Waals surface area contributed by atoms with Gasteiger partial charge >= 0.3 is 6.03 Å². The number of nitrogens with zero attached hydrogens (tertiary/aromatic N) is 3. The number of rotatable bonds is 6. The van der Waals surface area contributed by atoms with Gasteiger partial charge in [0.1, 0.15) is 0 Å². The van der Waals surface area contributed by atoms with E-state index in [0.717, 1.165) is 32.1 Å². The van der Waals surface area contributed by atoms with Gasteiger partial charge in [0.2, 0.25) is 0 Å². The zero-order chi connectivity index (χ0) is 23.4. The second kappa shape index (κ2) is 9.66. The normalized spacial score (nSPS) is 11.1. The van der Waals surface area contributed by atoms with Crippen LogP contribution in [0.25, 0.3) is 10.9 Å². The van der Waals surface area contributed by atoms with Gasteiger partial charge in [0, 0.05) is 51.5 Å². The van der Waals surface area contributed by atoms with Crippen LogP contribution in [-0.2, 0) is 6.54 Å². The summed E-state index contributed by atoms with van der Waals surface area (Å²) in [6, 6.07) is 19.4. The van der Waals surface area contributed by atoms with Gasteiger partial charge in [0.05, 0.1) is 11.1 Å². The highest BCUT2D eigenvalue weighted by Gasteiger charge is 2.10. The van der Waals surface area contributed by atoms with E-state index in [9.17, 15) is 14.9 Å². The third kappa shape index (κ3) is 5.27. The molecule has 0 aliphatic heterocycles. The van der Waals surface area contributed by atoms with Crippen molar-refractivity contribution in [2.45, 2.75) is 13.5 Å². The molecular weight excluding hydrogens is 486 g/mol. The largest absolute Gasteiger partial charge is 0.342 e. The third-order valence-corrected chi connectivity index (χ3v) is 5.97. The number of non-ortho nitro benzene ring substituents is 1. The van der Waals surface area contributed by atoms with Crippen LogP contribution in [-0.4, -0.2) is 21.7 Å². The van der Waals surface area contributed by atoms with E-state index >= 15 is 0 Å². The molecule has 2 amide bonds. The molecule has 4 aromatic rings. The van der Waals surface area contributed by atoms with Crippen LogP contribution in [0.2, 0.25) is 0 Å². The summed E-state index contributed by atoms with van der Waals surface area (Å²) in [6.07, 6.45) is 3.49. The lowest BCUT2D eigenvalue weighted by molar-refractivity contribution is -0.384.